The van der Waals surface area contributed by atoms with Crippen LogP contribution in [0.3, 0.4) is 0 Å². The zero-order chi connectivity index (χ0) is 12.6. The summed E-state index contributed by atoms with van der Waals surface area (Å²) in [6, 6.07) is 17.5. The molecule has 1 aliphatic heterocycles. The molecule has 0 amide bonds. The molecule has 18 heavy (non-hydrogen) atoms. The van der Waals surface area contributed by atoms with Crippen LogP contribution >= 0.6 is 11.6 Å². The van der Waals surface area contributed by atoms with Crippen molar-refractivity contribution in [2.75, 3.05) is 0 Å². The van der Waals surface area contributed by atoms with Crippen LogP contribution in [0.1, 0.15) is 11.1 Å². The minimum absolute atomic E-state index is 0.620. The number of benzene rings is 2. The minimum Gasteiger partial charge on any atom is -0.258 e. The summed E-state index contributed by atoms with van der Waals surface area (Å²) in [5, 5.41) is 10.2. The third-order valence-electron chi connectivity index (χ3n) is 3.19. The van der Waals surface area contributed by atoms with Gasteiger partial charge in [-0.25, -0.2) is 0 Å². The highest BCUT2D eigenvalue weighted by molar-refractivity contribution is 6.30. The Morgan fingerprint density at radius 1 is 1.11 bits per heavy atom. The minimum atomic E-state index is -0.818. The van der Waals surface area contributed by atoms with E-state index in [1.165, 1.54) is 0 Å². The zero-order valence-electron chi connectivity index (χ0n) is 9.47. The van der Waals surface area contributed by atoms with E-state index in [-0.39, 0.29) is 0 Å². The maximum atomic E-state index is 9.62. The van der Waals surface area contributed by atoms with Gasteiger partial charge in [0, 0.05) is 16.8 Å². The molecule has 0 N–H and O–H groups in total. The summed E-state index contributed by atoms with van der Waals surface area (Å²) in [7, 11) is 0. The molecule has 1 aliphatic rings. The van der Waals surface area contributed by atoms with Gasteiger partial charge in [-0.05, 0) is 23.8 Å². The molecule has 86 valence electrons. The second kappa shape index (κ2) is 3.97. The third kappa shape index (κ3) is 1.45. The van der Waals surface area contributed by atoms with Gasteiger partial charge in [-0.3, -0.25) is 4.99 Å². The maximum absolute atomic E-state index is 9.62. The van der Waals surface area contributed by atoms with Gasteiger partial charge in [0.15, 0.2) is 0 Å². The molecule has 0 aliphatic carbocycles. The fourth-order valence-electron chi connectivity index (χ4n) is 2.26. The molecule has 2 nitrogen and oxygen atoms in total. The van der Waals surface area contributed by atoms with Crippen LogP contribution in [0.4, 0.5) is 5.69 Å². The normalized spacial score (nSPS) is 20.4. The van der Waals surface area contributed by atoms with E-state index in [4.69, 9.17) is 11.6 Å². The van der Waals surface area contributed by atoms with Crippen LogP contribution in [-0.2, 0) is 5.41 Å². The maximum Gasteiger partial charge on any atom is 0.144 e. The average molecular weight is 253 g/mol. The Kier molecular flexibility index (Phi) is 2.43. The first-order valence-electron chi connectivity index (χ1n) is 5.58. The van der Waals surface area contributed by atoms with Crippen molar-refractivity contribution in [2.45, 2.75) is 5.41 Å². The molecular formula is C15H9ClN2. The Morgan fingerprint density at radius 3 is 2.61 bits per heavy atom. The molecule has 1 atom stereocenters. The van der Waals surface area contributed by atoms with Gasteiger partial charge in [0.05, 0.1) is 11.8 Å². The molecule has 2 aromatic carbocycles. The fraction of sp³-hybridized carbons (Fsp3) is 0.0667. The molecule has 2 aromatic rings. The Hall–Kier alpha value is -2.11. The molecule has 1 heterocycles. The molecular weight excluding hydrogens is 244 g/mol. The average Bonchev–Trinajstić information content (AvgIpc) is 2.79. The summed E-state index contributed by atoms with van der Waals surface area (Å²) in [6.07, 6.45) is 1.70. The number of nitrogens with zero attached hydrogens (tertiary/aromatic N) is 2. The smallest absolute Gasteiger partial charge is 0.144 e. The second-order valence-corrected chi connectivity index (χ2v) is 4.64. The highest BCUT2D eigenvalue weighted by atomic mass is 35.5. The van der Waals surface area contributed by atoms with Gasteiger partial charge in [-0.15, -0.1) is 0 Å². The van der Waals surface area contributed by atoms with E-state index in [9.17, 15) is 5.26 Å². The highest BCUT2D eigenvalue weighted by Gasteiger charge is 2.38. The fourth-order valence-corrected chi connectivity index (χ4v) is 2.43. The number of halogens is 1. The van der Waals surface area contributed by atoms with Crippen LogP contribution in [0.5, 0.6) is 0 Å². The summed E-state index contributed by atoms with van der Waals surface area (Å²) in [4.78, 5) is 4.34. The van der Waals surface area contributed by atoms with Crippen molar-refractivity contribution in [1.82, 2.24) is 0 Å². The van der Waals surface area contributed by atoms with Crippen molar-refractivity contribution in [3.05, 3.63) is 64.7 Å². The molecule has 0 unspecified atom stereocenters. The first-order valence-corrected chi connectivity index (χ1v) is 5.96. The number of hydrogen-bond acceptors (Lipinski definition) is 2. The van der Waals surface area contributed by atoms with Gasteiger partial charge in [0.2, 0.25) is 0 Å². The van der Waals surface area contributed by atoms with Gasteiger partial charge in [0.25, 0.3) is 0 Å². The van der Waals surface area contributed by atoms with Crippen LogP contribution in [0.2, 0.25) is 5.02 Å². The van der Waals surface area contributed by atoms with Crippen LogP contribution in [0.15, 0.2) is 53.5 Å². The van der Waals surface area contributed by atoms with Gasteiger partial charge in [0.1, 0.15) is 5.41 Å². The van der Waals surface area contributed by atoms with Crippen LogP contribution in [0.25, 0.3) is 0 Å². The molecule has 0 saturated heterocycles. The van der Waals surface area contributed by atoms with E-state index in [1.807, 2.05) is 42.5 Å². The lowest BCUT2D eigenvalue weighted by atomic mass is 9.78. The van der Waals surface area contributed by atoms with E-state index in [2.05, 4.69) is 11.1 Å². The standard InChI is InChI=1S/C15H9ClN2/c16-12-6-7-14-13(8-12)15(9-17,10-18-14)11-4-2-1-3-5-11/h1-8,10H/t15-/m0/s1. The van der Waals surface area contributed by atoms with Crippen LogP contribution in [-0.4, -0.2) is 6.21 Å². The Morgan fingerprint density at radius 2 is 1.89 bits per heavy atom. The van der Waals surface area contributed by atoms with Crippen molar-refractivity contribution >= 4 is 23.5 Å². The number of nitriles is 1. The zero-order valence-corrected chi connectivity index (χ0v) is 10.2. The monoisotopic (exact) mass is 252 g/mol. The van der Waals surface area contributed by atoms with E-state index in [0.29, 0.717) is 5.02 Å². The number of aliphatic imine (C=N–C) groups is 1. The Labute approximate surface area is 110 Å². The molecule has 0 aromatic heterocycles. The molecule has 3 heteroatoms. The SMILES string of the molecule is N#C[C@@]1(c2ccccc2)C=Nc2ccc(Cl)cc21. The predicted octanol–water partition coefficient (Wildman–Crippen LogP) is 3.87. The van der Waals surface area contributed by atoms with E-state index in [1.54, 1.807) is 12.3 Å². The quantitative estimate of drug-likeness (QED) is 0.759. The van der Waals surface area contributed by atoms with Gasteiger partial charge < -0.3 is 0 Å². The first-order chi connectivity index (χ1) is 8.76. The molecule has 0 spiro atoms. The molecule has 0 fully saturated rings. The lowest BCUT2D eigenvalue weighted by Gasteiger charge is -2.20. The van der Waals surface area contributed by atoms with Gasteiger partial charge in [-0.2, -0.15) is 5.26 Å². The van der Waals surface area contributed by atoms with E-state index < -0.39 is 5.41 Å². The Bertz CT molecular complexity index is 671. The molecule has 3 rings (SSSR count). The van der Waals surface area contributed by atoms with Crippen molar-refractivity contribution in [3.8, 4) is 6.07 Å². The largest absolute Gasteiger partial charge is 0.258 e. The number of fused-ring (bicyclic) bond motifs is 1. The second-order valence-electron chi connectivity index (χ2n) is 4.21. The van der Waals surface area contributed by atoms with Gasteiger partial charge in [-0.1, -0.05) is 41.9 Å². The van der Waals surface area contributed by atoms with Crippen molar-refractivity contribution in [3.63, 3.8) is 0 Å². The third-order valence-corrected chi connectivity index (χ3v) is 3.42. The predicted molar refractivity (Wildman–Crippen MR) is 72.4 cm³/mol. The highest BCUT2D eigenvalue weighted by Crippen LogP contribution is 2.42. The topological polar surface area (TPSA) is 36.1 Å². The molecule has 0 radical (unpaired) electrons. The van der Waals surface area contributed by atoms with Crippen LogP contribution in [0, 0.1) is 11.3 Å². The summed E-state index contributed by atoms with van der Waals surface area (Å²) < 4.78 is 0. The number of hydrogen-bond donors (Lipinski definition) is 0. The Balaban J connectivity index is 2.27. The van der Waals surface area contributed by atoms with E-state index >= 15 is 0 Å². The molecule has 0 bridgehead atoms. The summed E-state index contributed by atoms with van der Waals surface area (Å²) in [6.45, 7) is 0. The molecule has 0 saturated carbocycles. The number of rotatable bonds is 1. The summed E-state index contributed by atoms with van der Waals surface area (Å²) >= 11 is 6.03. The van der Waals surface area contributed by atoms with Crippen molar-refractivity contribution < 1.29 is 0 Å². The summed E-state index contributed by atoms with van der Waals surface area (Å²) in [5.74, 6) is 0. The van der Waals surface area contributed by atoms with Crippen molar-refractivity contribution in [2.24, 2.45) is 4.99 Å². The van der Waals surface area contributed by atoms with Crippen LogP contribution < -0.4 is 0 Å². The summed E-state index contributed by atoms with van der Waals surface area (Å²) in [5.41, 5.74) is 1.76. The van der Waals surface area contributed by atoms with E-state index in [0.717, 1.165) is 16.8 Å². The van der Waals surface area contributed by atoms with Crippen molar-refractivity contribution in [1.29, 1.82) is 5.26 Å². The first kappa shape index (κ1) is 11.0. The lowest BCUT2D eigenvalue weighted by Crippen LogP contribution is -2.24. The lowest BCUT2D eigenvalue weighted by molar-refractivity contribution is 0.928. The van der Waals surface area contributed by atoms with Gasteiger partial charge >= 0.3 is 0 Å².